The molecule has 3 N–H and O–H groups in total. The van der Waals surface area contributed by atoms with Crippen molar-refractivity contribution in [2.45, 2.75) is 13.3 Å². The third-order valence-corrected chi connectivity index (χ3v) is 6.42. The summed E-state index contributed by atoms with van der Waals surface area (Å²) in [5.41, 5.74) is 14.3. The first-order chi connectivity index (χ1) is 16.5. The molecule has 0 aliphatic heterocycles. The summed E-state index contributed by atoms with van der Waals surface area (Å²) in [5, 5.41) is 5.10. The molecule has 6 nitrogen and oxygen atoms in total. The number of H-pyrrole nitrogens is 1. The monoisotopic (exact) mass is 465 g/mol. The number of nitrogens with zero attached hydrogens (tertiary/aromatic N) is 3. The zero-order valence-electron chi connectivity index (χ0n) is 18.3. The summed E-state index contributed by atoms with van der Waals surface area (Å²) in [7, 11) is 0. The van der Waals surface area contributed by atoms with Gasteiger partial charge in [-0.1, -0.05) is 41.9 Å². The second-order valence-electron chi connectivity index (χ2n) is 8.48. The lowest BCUT2D eigenvalue weighted by Gasteiger charge is -2.06. The van der Waals surface area contributed by atoms with Crippen LogP contribution in [0.25, 0.3) is 33.9 Å². The van der Waals surface area contributed by atoms with Crippen LogP contribution >= 0.6 is 11.6 Å². The second-order valence-corrected chi connectivity index (χ2v) is 8.91. The molecule has 1 aliphatic rings. The van der Waals surface area contributed by atoms with E-state index in [0.717, 1.165) is 44.8 Å². The van der Waals surface area contributed by atoms with Gasteiger partial charge in [0.05, 0.1) is 28.5 Å². The predicted octanol–water partition coefficient (Wildman–Crippen LogP) is 5.78. The molecule has 0 bridgehead atoms. The number of hydrogen-bond donors (Lipinski definition) is 2. The number of fused-ring (bicyclic) bond motifs is 2. The zero-order valence-corrected chi connectivity index (χ0v) is 19.1. The Bertz CT molecular complexity index is 1640. The molecule has 0 atom stereocenters. The van der Waals surface area contributed by atoms with Crippen molar-refractivity contribution in [3.63, 3.8) is 0 Å². The summed E-state index contributed by atoms with van der Waals surface area (Å²) in [4.78, 5) is 21.0. The van der Waals surface area contributed by atoms with Crippen LogP contribution in [0.5, 0.6) is 0 Å². The molecule has 0 radical (unpaired) electrons. The minimum Gasteiger partial charge on any atom is -0.383 e. The minimum atomic E-state index is -0.109. The number of allylic oxidation sites excluding steroid dienone is 1. The average Bonchev–Trinajstić information content (AvgIpc) is 3.53. The molecule has 0 amide bonds. The number of halogens is 1. The van der Waals surface area contributed by atoms with Crippen molar-refractivity contribution >= 4 is 40.3 Å². The minimum absolute atomic E-state index is 0.109. The van der Waals surface area contributed by atoms with Gasteiger partial charge in [0.25, 0.3) is 0 Å². The number of nitrogen functional groups attached to an aromatic ring is 1. The predicted molar refractivity (Wildman–Crippen MR) is 135 cm³/mol. The maximum atomic E-state index is 13.4. The number of carbonyl (C=O) groups excluding carboxylic acids is 1. The van der Waals surface area contributed by atoms with Crippen LogP contribution in [0.3, 0.4) is 0 Å². The van der Waals surface area contributed by atoms with Crippen LogP contribution in [0.15, 0.2) is 72.4 Å². The second kappa shape index (κ2) is 7.71. The van der Waals surface area contributed by atoms with E-state index in [4.69, 9.17) is 17.3 Å². The Balaban J connectivity index is 1.28. The summed E-state index contributed by atoms with van der Waals surface area (Å²) in [6.07, 6.45) is 4.03. The molecule has 0 unspecified atom stereocenters. The molecule has 34 heavy (non-hydrogen) atoms. The number of hydrogen-bond acceptors (Lipinski definition) is 4. The van der Waals surface area contributed by atoms with Gasteiger partial charge in [-0.15, -0.1) is 0 Å². The number of anilines is 1. The number of rotatable bonds is 4. The van der Waals surface area contributed by atoms with Gasteiger partial charge in [-0.3, -0.25) is 4.79 Å². The highest BCUT2D eigenvalue weighted by atomic mass is 35.5. The molecule has 0 saturated heterocycles. The van der Waals surface area contributed by atoms with Crippen LogP contribution < -0.4 is 5.73 Å². The van der Waals surface area contributed by atoms with Gasteiger partial charge in [0, 0.05) is 17.0 Å². The number of aromatic amines is 1. The number of imidazole rings is 1. The summed E-state index contributed by atoms with van der Waals surface area (Å²) in [6, 6.07) is 19.7. The molecule has 0 spiro atoms. The van der Waals surface area contributed by atoms with E-state index in [9.17, 15) is 4.79 Å². The Morgan fingerprint density at radius 1 is 1.09 bits per heavy atom. The van der Waals surface area contributed by atoms with Crippen molar-refractivity contribution in [1.29, 1.82) is 0 Å². The standard InChI is InChI=1S/C27H20ClN5O/c1-15-31-24-8-7-22(13-25(24)32-15)33-27(29)23(14-30-33)26(34)20-10-18-6-5-17(9-19(18)11-20)16-3-2-4-21(28)12-16/h2-10,12-14H,11,29H2,1H3,(H,31,32). The van der Waals surface area contributed by atoms with Gasteiger partial charge < -0.3 is 10.7 Å². The van der Waals surface area contributed by atoms with Crippen molar-refractivity contribution in [2.24, 2.45) is 0 Å². The van der Waals surface area contributed by atoms with Crippen molar-refractivity contribution < 1.29 is 4.79 Å². The molecule has 2 heterocycles. The van der Waals surface area contributed by atoms with Crippen LogP contribution in [-0.4, -0.2) is 25.5 Å². The van der Waals surface area contributed by atoms with Crippen molar-refractivity contribution in [3.05, 3.63) is 100.0 Å². The van der Waals surface area contributed by atoms with E-state index in [2.05, 4.69) is 21.1 Å². The highest BCUT2D eigenvalue weighted by Crippen LogP contribution is 2.33. The van der Waals surface area contributed by atoms with E-state index in [1.54, 1.807) is 10.9 Å². The van der Waals surface area contributed by atoms with Crippen molar-refractivity contribution in [2.75, 3.05) is 5.73 Å². The molecule has 166 valence electrons. The summed E-state index contributed by atoms with van der Waals surface area (Å²) in [6.45, 7) is 1.91. The third-order valence-electron chi connectivity index (χ3n) is 6.18. The Labute approximate surface area is 200 Å². The Morgan fingerprint density at radius 3 is 2.79 bits per heavy atom. The average molecular weight is 466 g/mol. The van der Waals surface area contributed by atoms with Gasteiger partial charge in [0.2, 0.25) is 0 Å². The third kappa shape index (κ3) is 3.40. The topological polar surface area (TPSA) is 89.6 Å². The first-order valence-corrected chi connectivity index (χ1v) is 11.3. The van der Waals surface area contributed by atoms with Crippen LogP contribution in [0.2, 0.25) is 5.02 Å². The molecule has 0 fully saturated rings. The fraction of sp³-hybridized carbons (Fsp3) is 0.0741. The van der Waals surface area contributed by atoms with Gasteiger partial charge >= 0.3 is 0 Å². The van der Waals surface area contributed by atoms with E-state index in [1.807, 2.05) is 67.6 Å². The normalized spacial score (nSPS) is 12.7. The number of aryl methyl sites for hydroxylation is 1. The highest BCUT2D eigenvalue weighted by molar-refractivity contribution is 6.30. The lowest BCUT2D eigenvalue weighted by atomic mass is 9.99. The quantitative estimate of drug-likeness (QED) is 0.329. The molecule has 2 aromatic heterocycles. The Kier molecular flexibility index (Phi) is 4.64. The molecule has 0 saturated carbocycles. The number of carbonyl (C=O) groups is 1. The van der Waals surface area contributed by atoms with Crippen LogP contribution in [0.1, 0.15) is 27.3 Å². The molecule has 3 aromatic carbocycles. The Morgan fingerprint density at radius 2 is 1.94 bits per heavy atom. The summed E-state index contributed by atoms with van der Waals surface area (Å²) in [5.74, 6) is 1.04. The molecule has 6 rings (SSSR count). The summed E-state index contributed by atoms with van der Waals surface area (Å²) >= 11 is 6.16. The van der Waals surface area contributed by atoms with Gasteiger partial charge in [-0.05, 0) is 65.6 Å². The van der Waals surface area contributed by atoms with E-state index in [1.165, 1.54) is 0 Å². The molecule has 7 heteroatoms. The van der Waals surface area contributed by atoms with Crippen LogP contribution in [0.4, 0.5) is 5.82 Å². The fourth-order valence-electron chi connectivity index (χ4n) is 4.51. The van der Waals surface area contributed by atoms with E-state index < -0.39 is 0 Å². The van der Waals surface area contributed by atoms with Gasteiger partial charge in [0.1, 0.15) is 11.6 Å². The zero-order chi connectivity index (χ0) is 23.4. The lowest BCUT2D eigenvalue weighted by Crippen LogP contribution is -2.08. The molecule has 1 aliphatic carbocycles. The van der Waals surface area contributed by atoms with Crippen LogP contribution in [0, 0.1) is 6.92 Å². The van der Waals surface area contributed by atoms with Crippen molar-refractivity contribution in [1.82, 2.24) is 19.7 Å². The number of ketones is 1. The molecular weight excluding hydrogens is 446 g/mol. The first-order valence-electron chi connectivity index (χ1n) is 10.9. The first kappa shape index (κ1) is 20.4. The number of Topliss-reactive ketones (excluding diaryl/α,β-unsaturated/α-hetero) is 1. The smallest absolute Gasteiger partial charge is 0.194 e. The number of nitrogens with two attached hydrogens (primary N) is 1. The van der Waals surface area contributed by atoms with E-state index >= 15 is 0 Å². The molecular formula is C27H20ClN5O. The largest absolute Gasteiger partial charge is 0.383 e. The Hall–Kier alpha value is -4.16. The van der Waals surface area contributed by atoms with E-state index in [-0.39, 0.29) is 5.78 Å². The number of nitrogens with one attached hydrogen (secondary N) is 1. The van der Waals surface area contributed by atoms with Crippen LogP contribution in [-0.2, 0) is 6.42 Å². The molecule has 5 aromatic rings. The van der Waals surface area contributed by atoms with Crippen molar-refractivity contribution in [3.8, 4) is 16.8 Å². The van der Waals surface area contributed by atoms with Gasteiger partial charge in [-0.25, -0.2) is 9.67 Å². The van der Waals surface area contributed by atoms with Gasteiger partial charge in [-0.2, -0.15) is 5.10 Å². The highest BCUT2D eigenvalue weighted by Gasteiger charge is 2.24. The maximum absolute atomic E-state index is 13.4. The van der Waals surface area contributed by atoms with E-state index in [0.29, 0.717) is 28.4 Å². The fourth-order valence-corrected chi connectivity index (χ4v) is 4.70. The SMILES string of the molecule is Cc1nc2ccc(-n3ncc(C(=O)C4=Cc5ccc(-c6cccc(Cl)c6)cc5C4)c3N)cc2[nH]1. The van der Waals surface area contributed by atoms with Gasteiger partial charge in [0.15, 0.2) is 5.78 Å². The summed E-state index contributed by atoms with van der Waals surface area (Å²) < 4.78 is 1.59. The number of aromatic nitrogens is 4. The lowest BCUT2D eigenvalue weighted by molar-refractivity contribution is 0.103. The number of benzene rings is 3. The maximum Gasteiger partial charge on any atom is 0.194 e.